The van der Waals surface area contributed by atoms with E-state index in [-0.39, 0.29) is 5.41 Å². The van der Waals surface area contributed by atoms with Crippen molar-refractivity contribution in [2.75, 3.05) is 19.0 Å². The van der Waals surface area contributed by atoms with Crippen molar-refractivity contribution in [1.29, 1.82) is 0 Å². The molecule has 2 aromatic heterocycles. The van der Waals surface area contributed by atoms with E-state index in [4.69, 9.17) is 4.74 Å². The summed E-state index contributed by atoms with van der Waals surface area (Å²) >= 11 is 1.54. The number of hydrogen-bond acceptors (Lipinski definition) is 6. The number of anilines is 1. The van der Waals surface area contributed by atoms with E-state index in [0.717, 1.165) is 16.4 Å². The Bertz CT molecular complexity index is 634. The zero-order valence-corrected chi connectivity index (χ0v) is 15.2. The molecule has 2 N–H and O–H groups in total. The molecule has 0 saturated carbocycles. The first-order valence-electron chi connectivity index (χ1n) is 7.60. The third-order valence-electron chi connectivity index (χ3n) is 3.41. The average molecular weight is 335 g/mol. The highest BCUT2D eigenvalue weighted by atomic mass is 32.1. The van der Waals surface area contributed by atoms with Crippen molar-refractivity contribution in [3.05, 3.63) is 40.0 Å². The number of aliphatic hydroxyl groups is 1. The van der Waals surface area contributed by atoms with Gasteiger partial charge in [-0.3, -0.25) is 0 Å². The van der Waals surface area contributed by atoms with Crippen LogP contribution in [0, 0.1) is 0 Å². The van der Waals surface area contributed by atoms with Gasteiger partial charge in [0.1, 0.15) is 17.2 Å². The van der Waals surface area contributed by atoms with E-state index in [1.165, 1.54) is 0 Å². The molecule has 2 aromatic rings. The summed E-state index contributed by atoms with van der Waals surface area (Å²) < 4.78 is 5.19. The lowest BCUT2D eigenvalue weighted by Crippen LogP contribution is -2.30. The Hall–Kier alpha value is -1.50. The van der Waals surface area contributed by atoms with Crippen LogP contribution in [0.4, 0.5) is 5.82 Å². The topological polar surface area (TPSA) is 67.3 Å². The number of nitrogens with zero attached hydrogens (tertiary/aromatic N) is 2. The van der Waals surface area contributed by atoms with E-state index in [1.807, 2.05) is 23.6 Å². The van der Waals surface area contributed by atoms with Crippen molar-refractivity contribution in [2.45, 2.75) is 45.3 Å². The fourth-order valence-corrected chi connectivity index (χ4v) is 2.87. The normalized spacial score (nSPS) is 14.5. The Labute approximate surface area is 141 Å². The van der Waals surface area contributed by atoms with Gasteiger partial charge in [0.25, 0.3) is 0 Å². The zero-order chi connectivity index (χ0) is 17.1. The van der Waals surface area contributed by atoms with Crippen molar-refractivity contribution in [1.82, 2.24) is 9.97 Å². The van der Waals surface area contributed by atoms with Gasteiger partial charge in [0.05, 0.1) is 12.3 Å². The van der Waals surface area contributed by atoms with Gasteiger partial charge in [0, 0.05) is 30.0 Å². The van der Waals surface area contributed by atoms with E-state index < -0.39 is 5.60 Å². The minimum atomic E-state index is -0.942. The Kier molecular flexibility index (Phi) is 5.39. The molecule has 1 atom stereocenters. The maximum absolute atomic E-state index is 10.6. The molecular weight excluding hydrogens is 310 g/mol. The fraction of sp³-hybridized carbons (Fsp3) is 0.529. The van der Waals surface area contributed by atoms with Crippen molar-refractivity contribution in [2.24, 2.45) is 0 Å². The summed E-state index contributed by atoms with van der Waals surface area (Å²) in [7, 11) is 1.65. The molecule has 0 aromatic carbocycles. The first-order valence-corrected chi connectivity index (χ1v) is 8.48. The molecule has 2 heterocycles. The molecule has 0 fully saturated rings. The molecule has 0 spiro atoms. The highest BCUT2D eigenvalue weighted by molar-refractivity contribution is 7.10. The van der Waals surface area contributed by atoms with Gasteiger partial charge in [-0.15, -0.1) is 11.3 Å². The highest BCUT2D eigenvalue weighted by Gasteiger charge is 2.25. The lowest BCUT2D eigenvalue weighted by Gasteiger charge is -2.24. The van der Waals surface area contributed by atoms with Gasteiger partial charge in [0.15, 0.2) is 0 Å². The van der Waals surface area contributed by atoms with Crippen LogP contribution in [-0.2, 0) is 22.4 Å². The SMILES string of the molecule is COCc1cc(NCC(C)(O)c2cccs2)nc(C(C)(C)C)n1. The van der Waals surface area contributed by atoms with Crippen LogP contribution in [0.2, 0.25) is 0 Å². The third kappa shape index (κ3) is 4.73. The average Bonchev–Trinajstić information content (AvgIpc) is 2.99. The van der Waals surface area contributed by atoms with E-state index in [2.05, 4.69) is 36.1 Å². The number of rotatable bonds is 6. The van der Waals surface area contributed by atoms with Gasteiger partial charge in [-0.05, 0) is 18.4 Å². The summed E-state index contributed by atoms with van der Waals surface area (Å²) in [6.45, 7) is 8.83. The molecule has 0 saturated heterocycles. The Morgan fingerprint density at radius 2 is 2.00 bits per heavy atom. The second kappa shape index (κ2) is 6.95. The van der Waals surface area contributed by atoms with E-state index in [0.29, 0.717) is 19.0 Å². The minimum absolute atomic E-state index is 0.156. The standard InChI is InChI=1S/C17H25N3O2S/c1-16(2,3)15-19-12(10-22-5)9-14(20-15)18-11-17(4,21)13-7-6-8-23-13/h6-9,21H,10-11H2,1-5H3,(H,18,19,20). The number of ether oxygens (including phenoxy) is 1. The van der Waals surface area contributed by atoms with Crippen LogP contribution in [0.1, 0.15) is 44.1 Å². The van der Waals surface area contributed by atoms with Crippen LogP contribution in [0.25, 0.3) is 0 Å². The van der Waals surface area contributed by atoms with Gasteiger partial charge in [-0.25, -0.2) is 9.97 Å². The number of aromatic nitrogens is 2. The summed E-state index contributed by atoms with van der Waals surface area (Å²) in [5.41, 5.74) is -0.274. The molecule has 5 nitrogen and oxygen atoms in total. The van der Waals surface area contributed by atoms with Gasteiger partial charge in [-0.1, -0.05) is 26.8 Å². The van der Waals surface area contributed by atoms with Crippen molar-refractivity contribution >= 4 is 17.2 Å². The predicted molar refractivity (Wildman–Crippen MR) is 93.8 cm³/mol. The maximum atomic E-state index is 10.6. The minimum Gasteiger partial charge on any atom is -0.383 e. The van der Waals surface area contributed by atoms with Crippen LogP contribution in [0.15, 0.2) is 23.6 Å². The largest absolute Gasteiger partial charge is 0.383 e. The molecule has 0 radical (unpaired) electrons. The van der Waals surface area contributed by atoms with Crippen LogP contribution < -0.4 is 5.32 Å². The summed E-state index contributed by atoms with van der Waals surface area (Å²) in [5, 5.41) is 15.8. The second-order valence-electron chi connectivity index (χ2n) is 6.86. The monoisotopic (exact) mass is 335 g/mol. The van der Waals surface area contributed by atoms with Crippen molar-refractivity contribution in [3.63, 3.8) is 0 Å². The van der Waals surface area contributed by atoms with E-state index >= 15 is 0 Å². The number of hydrogen-bond donors (Lipinski definition) is 2. The second-order valence-corrected chi connectivity index (χ2v) is 7.80. The zero-order valence-electron chi connectivity index (χ0n) is 14.4. The highest BCUT2D eigenvalue weighted by Crippen LogP contribution is 2.26. The Morgan fingerprint density at radius 3 is 2.57 bits per heavy atom. The molecule has 1 unspecified atom stereocenters. The van der Waals surface area contributed by atoms with Gasteiger partial charge < -0.3 is 15.2 Å². The van der Waals surface area contributed by atoms with E-state index in [1.54, 1.807) is 25.4 Å². The lowest BCUT2D eigenvalue weighted by atomic mass is 9.95. The molecule has 0 aliphatic rings. The smallest absolute Gasteiger partial charge is 0.136 e. The third-order valence-corrected chi connectivity index (χ3v) is 4.53. The van der Waals surface area contributed by atoms with Crippen molar-refractivity contribution in [3.8, 4) is 0 Å². The van der Waals surface area contributed by atoms with Crippen LogP contribution >= 0.6 is 11.3 Å². The molecule has 0 aliphatic carbocycles. The molecule has 126 valence electrons. The number of thiophene rings is 1. The van der Waals surface area contributed by atoms with Crippen LogP contribution in [0.5, 0.6) is 0 Å². The number of nitrogens with one attached hydrogen (secondary N) is 1. The van der Waals surface area contributed by atoms with Gasteiger partial charge in [0.2, 0.25) is 0 Å². The van der Waals surface area contributed by atoms with Crippen LogP contribution in [0.3, 0.4) is 0 Å². The summed E-state index contributed by atoms with van der Waals surface area (Å²) in [6.07, 6.45) is 0. The van der Waals surface area contributed by atoms with Gasteiger partial charge in [-0.2, -0.15) is 0 Å². The Balaban J connectivity index is 2.20. The molecular formula is C17H25N3O2S. The molecule has 6 heteroatoms. The summed E-state index contributed by atoms with van der Waals surface area (Å²) in [4.78, 5) is 10.1. The molecule has 0 bridgehead atoms. The van der Waals surface area contributed by atoms with Gasteiger partial charge >= 0.3 is 0 Å². The number of methoxy groups -OCH3 is 1. The summed E-state index contributed by atoms with van der Waals surface area (Å²) in [5.74, 6) is 1.46. The first kappa shape index (κ1) is 17.8. The summed E-state index contributed by atoms with van der Waals surface area (Å²) in [6, 6.07) is 5.74. The predicted octanol–water partition coefficient (Wildman–Crippen LogP) is 3.30. The maximum Gasteiger partial charge on any atom is 0.136 e. The van der Waals surface area contributed by atoms with Crippen LogP contribution in [-0.4, -0.2) is 28.7 Å². The fourth-order valence-electron chi connectivity index (χ4n) is 2.08. The first-order chi connectivity index (χ1) is 10.7. The molecule has 23 heavy (non-hydrogen) atoms. The lowest BCUT2D eigenvalue weighted by molar-refractivity contribution is 0.0753. The molecule has 2 rings (SSSR count). The quantitative estimate of drug-likeness (QED) is 0.848. The van der Waals surface area contributed by atoms with Crippen molar-refractivity contribution < 1.29 is 9.84 Å². The molecule has 0 aliphatic heterocycles. The molecule has 0 amide bonds. The van der Waals surface area contributed by atoms with E-state index in [9.17, 15) is 5.11 Å². The Morgan fingerprint density at radius 1 is 1.26 bits per heavy atom.